The summed E-state index contributed by atoms with van der Waals surface area (Å²) in [6.07, 6.45) is 1.08. The Hall–Kier alpha value is -2.03. The van der Waals surface area contributed by atoms with E-state index in [-0.39, 0.29) is 5.97 Å². The van der Waals surface area contributed by atoms with Crippen LogP contribution in [0.2, 0.25) is 0 Å². The van der Waals surface area contributed by atoms with Crippen LogP contribution in [0.5, 0.6) is 5.75 Å². The highest BCUT2D eigenvalue weighted by molar-refractivity contribution is 5.66. The molecule has 18 heavy (non-hydrogen) atoms. The van der Waals surface area contributed by atoms with Crippen LogP contribution in [-0.4, -0.2) is 12.6 Å². The van der Waals surface area contributed by atoms with E-state index in [0.717, 1.165) is 11.1 Å². The van der Waals surface area contributed by atoms with Gasteiger partial charge in [0.05, 0.1) is 0 Å². The Balaban J connectivity index is 2.94. The van der Waals surface area contributed by atoms with Gasteiger partial charge < -0.3 is 9.47 Å². The standard InChI is InChI=1S/C15H18O3/c1-5-14(18-12(4)16)13-8-6-7-9-15(13)17-10-11(2)3/h5-9,14H,1-2,10H2,3-4H3. The third-order valence-electron chi connectivity index (χ3n) is 2.21. The summed E-state index contributed by atoms with van der Waals surface area (Å²) in [5.74, 6) is 0.321. The number of ether oxygens (including phenoxy) is 2. The topological polar surface area (TPSA) is 35.5 Å². The fourth-order valence-corrected chi connectivity index (χ4v) is 1.47. The Bertz CT molecular complexity index is 449. The first-order chi connectivity index (χ1) is 8.54. The maximum absolute atomic E-state index is 11.0. The van der Waals surface area contributed by atoms with Crippen LogP contribution in [-0.2, 0) is 9.53 Å². The first kappa shape index (κ1) is 14.0. The van der Waals surface area contributed by atoms with E-state index in [9.17, 15) is 4.79 Å². The normalized spacial score (nSPS) is 11.4. The summed E-state index contributed by atoms with van der Waals surface area (Å²) in [5.41, 5.74) is 1.70. The van der Waals surface area contributed by atoms with Gasteiger partial charge in [0, 0.05) is 12.5 Å². The average Bonchev–Trinajstić information content (AvgIpc) is 2.33. The summed E-state index contributed by atoms with van der Waals surface area (Å²) >= 11 is 0. The van der Waals surface area contributed by atoms with Gasteiger partial charge in [-0.25, -0.2) is 0 Å². The van der Waals surface area contributed by atoms with E-state index in [1.54, 1.807) is 6.08 Å². The number of carbonyl (C=O) groups excluding carboxylic acids is 1. The molecule has 0 radical (unpaired) electrons. The van der Waals surface area contributed by atoms with Crippen molar-refractivity contribution in [2.45, 2.75) is 20.0 Å². The summed E-state index contributed by atoms with van der Waals surface area (Å²) in [6.45, 7) is 11.1. The van der Waals surface area contributed by atoms with E-state index in [4.69, 9.17) is 9.47 Å². The van der Waals surface area contributed by atoms with Gasteiger partial charge in [0.25, 0.3) is 0 Å². The maximum Gasteiger partial charge on any atom is 0.303 e. The number of rotatable bonds is 6. The molecule has 0 fully saturated rings. The molecule has 0 aliphatic rings. The van der Waals surface area contributed by atoms with Crippen LogP contribution in [0.1, 0.15) is 25.5 Å². The third-order valence-corrected chi connectivity index (χ3v) is 2.21. The number of para-hydroxylation sites is 1. The number of benzene rings is 1. The number of carbonyl (C=O) groups is 1. The molecule has 0 N–H and O–H groups in total. The lowest BCUT2D eigenvalue weighted by atomic mass is 10.1. The van der Waals surface area contributed by atoms with E-state index in [2.05, 4.69) is 13.2 Å². The smallest absolute Gasteiger partial charge is 0.303 e. The van der Waals surface area contributed by atoms with Gasteiger partial charge in [-0.2, -0.15) is 0 Å². The molecule has 0 aliphatic carbocycles. The first-order valence-electron chi connectivity index (χ1n) is 5.70. The molecule has 3 nitrogen and oxygen atoms in total. The van der Waals surface area contributed by atoms with Crippen LogP contribution in [0.15, 0.2) is 49.1 Å². The highest BCUT2D eigenvalue weighted by atomic mass is 16.5. The molecular formula is C15H18O3. The van der Waals surface area contributed by atoms with Crippen LogP contribution >= 0.6 is 0 Å². The third kappa shape index (κ3) is 4.09. The lowest BCUT2D eigenvalue weighted by Gasteiger charge is -2.17. The molecule has 1 unspecified atom stereocenters. The van der Waals surface area contributed by atoms with Gasteiger partial charge in [0.1, 0.15) is 18.5 Å². The molecule has 0 saturated heterocycles. The number of hydrogen-bond donors (Lipinski definition) is 0. The first-order valence-corrected chi connectivity index (χ1v) is 5.70. The second-order valence-corrected chi connectivity index (χ2v) is 4.05. The van der Waals surface area contributed by atoms with E-state index in [1.807, 2.05) is 31.2 Å². The van der Waals surface area contributed by atoms with E-state index < -0.39 is 6.10 Å². The number of esters is 1. The Labute approximate surface area is 108 Å². The molecule has 0 spiro atoms. The zero-order chi connectivity index (χ0) is 13.5. The van der Waals surface area contributed by atoms with Crippen molar-refractivity contribution in [1.29, 1.82) is 0 Å². The maximum atomic E-state index is 11.0. The van der Waals surface area contributed by atoms with Crippen LogP contribution in [0.3, 0.4) is 0 Å². The Kier molecular flexibility index (Phi) is 5.18. The predicted molar refractivity (Wildman–Crippen MR) is 71.5 cm³/mol. The molecule has 0 saturated carbocycles. The van der Waals surface area contributed by atoms with Gasteiger partial charge in [-0.3, -0.25) is 4.79 Å². The van der Waals surface area contributed by atoms with Crippen LogP contribution in [0.25, 0.3) is 0 Å². The second kappa shape index (κ2) is 6.64. The molecule has 1 atom stereocenters. The predicted octanol–water partition coefficient (Wildman–Crippen LogP) is 3.43. The van der Waals surface area contributed by atoms with Gasteiger partial charge in [-0.15, -0.1) is 0 Å². The van der Waals surface area contributed by atoms with E-state index in [1.165, 1.54) is 6.92 Å². The molecule has 3 heteroatoms. The molecule has 1 aromatic rings. The van der Waals surface area contributed by atoms with Gasteiger partial charge in [0.2, 0.25) is 0 Å². The average molecular weight is 246 g/mol. The molecule has 0 bridgehead atoms. The summed E-state index contributed by atoms with van der Waals surface area (Å²) in [6, 6.07) is 7.41. The SMILES string of the molecule is C=CC(OC(C)=O)c1ccccc1OCC(=C)C. The van der Waals surface area contributed by atoms with Crippen molar-refractivity contribution in [1.82, 2.24) is 0 Å². The Morgan fingerprint density at radius 1 is 1.39 bits per heavy atom. The molecule has 1 aromatic carbocycles. The van der Waals surface area contributed by atoms with Crippen LogP contribution in [0.4, 0.5) is 0 Å². The lowest BCUT2D eigenvalue weighted by molar-refractivity contribution is -0.144. The van der Waals surface area contributed by atoms with Crippen molar-refractivity contribution in [2.75, 3.05) is 6.61 Å². The molecule has 0 heterocycles. The van der Waals surface area contributed by atoms with Crippen molar-refractivity contribution >= 4 is 5.97 Å². The van der Waals surface area contributed by atoms with Crippen molar-refractivity contribution in [2.24, 2.45) is 0 Å². The van der Waals surface area contributed by atoms with Crippen molar-refractivity contribution in [3.05, 3.63) is 54.6 Å². The van der Waals surface area contributed by atoms with Crippen LogP contribution in [0, 0.1) is 0 Å². The van der Waals surface area contributed by atoms with Gasteiger partial charge in [0.15, 0.2) is 0 Å². The number of hydrogen-bond acceptors (Lipinski definition) is 3. The zero-order valence-electron chi connectivity index (χ0n) is 10.8. The highest BCUT2D eigenvalue weighted by Crippen LogP contribution is 2.28. The minimum atomic E-state index is -0.496. The highest BCUT2D eigenvalue weighted by Gasteiger charge is 2.15. The zero-order valence-corrected chi connectivity index (χ0v) is 10.8. The van der Waals surface area contributed by atoms with Gasteiger partial charge in [-0.1, -0.05) is 31.4 Å². The monoisotopic (exact) mass is 246 g/mol. The van der Waals surface area contributed by atoms with E-state index >= 15 is 0 Å². The summed E-state index contributed by atoms with van der Waals surface area (Å²) in [7, 11) is 0. The Morgan fingerprint density at radius 3 is 2.61 bits per heavy atom. The molecule has 96 valence electrons. The summed E-state index contributed by atoms with van der Waals surface area (Å²) in [5, 5.41) is 0. The molecular weight excluding hydrogens is 228 g/mol. The largest absolute Gasteiger partial charge is 0.489 e. The molecule has 0 aliphatic heterocycles. The lowest BCUT2D eigenvalue weighted by Crippen LogP contribution is -2.08. The van der Waals surface area contributed by atoms with Crippen molar-refractivity contribution < 1.29 is 14.3 Å². The summed E-state index contributed by atoms with van der Waals surface area (Å²) in [4.78, 5) is 11.0. The van der Waals surface area contributed by atoms with Crippen molar-refractivity contribution in [3.63, 3.8) is 0 Å². The fourth-order valence-electron chi connectivity index (χ4n) is 1.47. The van der Waals surface area contributed by atoms with E-state index in [0.29, 0.717) is 12.4 Å². The van der Waals surface area contributed by atoms with Crippen molar-refractivity contribution in [3.8, 4) is 5.75 Å². The second-order valence-electron chi connectivity index (χ2n) is 4.05. The van der Waals surface area contributed by atoms with Crippen LogP contribution < -0.4 is 4.74 Å². The summed E-state index contributed by atoms with van der Waals surface area (Å²) < 4.78 is 10.8. The molecule has 0 aromatic heterocycles. The molecule has 1 rings (SSSR count). The quantitative estimate of drug-likeness (QED) is 0.570. The minimum Gasteiger partial charge on any atom is -0.489 e. The Morgan fingerprint density at radius 2 is 2.06 bits per heavy atom. The van der Waals surface area contributed by atoms with Gasteiger partial charge >= 0.3 is 5.97 Å². The fraction of sp³-hybridized carbons (Fsp3) is 0.267. The minimum absolute atomic E-state index is 0.352. The molecule has 0 amide bonds. The van der Waals surface area contributed by atoms with Gasteiger partial charge in [-0.05, 0) is 24.6 Å².